The molecule has 0 aliphatic heterocycles. The minimum atomic E-state index is 0.479. The van der Waals surface area contributed by atoms with E-state index in [0.717, 1.165) is 21.5 Å². The van der Waals surface area contributed by atoms with Gasteiger partial charge in [0.2, 0.25) is 0 Å². The molecule has 0 atom stereocenters. The normalized spacial score (nSPS) is 16.2. The largest absolute Gasteiger partial charge is 0.469 e. The van der Waals surface area contributed by atoms with Crippen molar-refractivity contribution in [2.24, 2.45) is 0 Å². The zero-order valence-corrected chi connectivity index (χ0v) is 13.0. The van der Waals surface area contributed by atoms with Crippen LogP contribution in [-0.2, 0) is 0 Å². The van der Waals surface area contributed by atoms with E-state index in [2.05, 4.69) is 20.9 Å². The van der Waals surface area contributed by atoms with E-state index in [1.165, 1.54) is 25.7 Å². The van der Waals surface area contributed by atoms with Crippen molar-refractivity contribution >= 4 is 27.5 Å². The Morgan fingerprint density at radius 3 is 2.68 bits per heavy atom. The number of aromatic nitrogens is 2. The van der Waals surface area contributed by atoms with Crippen LogP contribution in [0.4, 0.5) is 0 Å². The Bertz CT molecular complexity index is 605. The maximum atomic E-state index is 6.24. The van der Waals surface area contributed by atoms with Crippen molar-refractivity contribution in [1.29, 1.82) is 0 Å². The van der Waals surface area contributed by atoms with Gasteiger partial charge in [-0.25, -0.2) is 9.97 Å². The Morgan fingerprint density at radius 2 is 2.05 bits per heavy atom. The van der Waals surface area contributed by atoms with Crippen molar-refractivity contribution in [2.45, 2.75) is 38.5 Å². The van der Waals surface area contributed by atoms with Gasteiger partial charge < -0.3 is 4.42 Å². The fourth-order valence-corrected chi connectivity index (χ4v) is 3.32. The van der Waals surface area contributed by atoms with Gasteiger partial charge in [0.05, 0.1) is 22.0 Å². The van der Waals surface area contributed by atoms with Gasteiger partial charge in [-0.2, -0.15) is 0 Å². The third kappa shape index (κ3) is 2.43. The summed E-state index contributed by atoms with van der Waals surface area (Å²) in [6.07, 6.45) is 6.53. The molecule has 1 aliphatic rings. The number of rotatable bonds is 2. The Labute approximate surface area is 125 Å². The topological polar surface area (TPSA) is 38.9 Å². The second kappa shape index (κ2) is 5.25. The SMILES string of the molecule is Cc1occc1-c1nc(Cl)c(Br)c(C2CCCC2)n1. The second-order valence-corrected chi connectivity index (χ2v) is 6.06. The van der Waals surface area contributed by atoms with E-state index < -0.39 is 0 Å². The third-order valence-electron chi connectivity index (χ3n) is 3.68. The smallest absolute Gasteiger partial charge is 0.164 e. The summed E-state index contributed by atoms with van der Waals surface area (Å²) in [4.78, 5) is 9.07. The molecule has 0 amide bonds. The highest BCUT2D eigenvalue weighted by Crippen LogP contribution is 2.39. The van der Waals surface area contributed by atoms with Gasteiger partial charge in [-0.3, -0.25) is 0 Å². The van der Waals surface area contributed by atoms with Crippen LogP contribution in [0.25, 0.3) is 11.4 Å². The van der Waals surface area contributed by atoms with Crippen molar-refractivity contribution in [1.82, 2.24) is 9.97 Å². The van der Waals surface area contributed by atoms with Crippen LogP contribution < -0.4 is 0 Å². The van der Waals surface area contributed by atoms with Gasteiger partial charge >= 0.3 is 0 Å². The molecule has 3 nitrogen and oxygen atoms in total. The Balaban J connectivity index is 2.10. The molecule has 1 fully saturated rings. The van der Waals surface area contributed by atoms with E-state index in [1.54, 1.807) is 6.26 Å². The van der Waals surface area contributed by atoms with Crippen LogP contribution in [0, 0.1) is 6.92 Å². The zero-order valence-electron chi connectivity index (χ0n) is 10.6. The lowest BCUT2D eigenvalue weighted by molar-refractivity contribution is 0.535. The molecule has 0 radical (unpaired) electrons. The van der Waals surface area contributed by atoms with Crippen molar-refractivity contribution < 1.29 is 4.42 Å². The lowest BCUT2D eigenvalue weighted by atomic mass is 10.0. The van der Waals surface area contributed by atoms with Gasteiger partial charge in [0, 0.05) is 5.92 Å². The van der Waals surface area contributed by atoms with Crippen molar-refractivity contribution in [3.63, 3.8) is 0 Å². The number of furan rings is 1. The molecular weight excluding hydrogens is 328 g/mol. The zero-order chi connectivity index (χ0) is 13.4. The van der Waals surface area contributed by atoms with E-state index >= 15 is 0 Å². The summed E-state index contributed by atoms with van der Waals surface area (Å²) in [5.74, 6) is 1.96. The van der Waals surface area contributed by atoms with E-state index in [9.17, 15) is 0 Å². The van der Waals surface area contributed by atoms with Gasteiger partial charge in [-0.15, -0.1) is 0 Å². The molecule has 5 heteroatoms. The minimum Gasteiger partial charge on any atom is -0.469 e. The third-order valence-corrected chi connectivity index (χ3v) is 4.96. The molecule has 1 aliphatic carbocycles. The first-order valence-corrected chi connectivity index (χ1v) is 7.61. The highest BCUT2D eigenvalue weighted by molar-refractivity contribution is 9.10. The predicted molar refractivity (Wildman–Crippen MR) is 78.4 cm³/mol. The van der Waals surface area contributed by atoms with Gasteiger partial charge in [0.15, 0.2) is 5.82 Å². The minimum absolute atomic E-state index is 0.479. The standard InChI is InChI=1S/C14H14BrClN2O/c1-8-10(6-7-19-8)14-17-12(9-4-2-3-5-9)11(15)13(16)18-14/h6-7,9H,2-5H2,1H3. The maximum absolute atomic E-state index is 6.24. The first-order valence-electron chi connectivity index (χ1n) is 6.44. The second-order valence-electron chi connectivity index (χ2n) is 4.91. The number of hydrogen-bond acceptors (Lipinski definition) is 3. The average Bonchev–Trinajstić information content (AvgIpc) is 3.03. The van der Waals surface area contributed by atoms with E-state index in [4.69, 9.17) is 21.0 Å². The summed E-state index contributed by atoms with van der Waals surface area (Å²) < 4.78 is 6.16. The monoisotopic (exact) mass is 340 g/mol. The number of halogens is 2. The Kier molecular flexibility index (Phi) is 3.63. The van der Waals surface area contributed by atoms with Gasteiger partial charge in [-0.1, -0.05) is 24.4 Å². The summed E-state index contributed by atoms with van der Waals surface area (Å²) >= 11 is 9.76. The quantitative estimate of drug-likeness (QED) is 0.712. The lowest BCUT2D eigenvalue weighted by Gasteiger charge is -2.13. The molecule has 19 heavy (non-hydrogen) atoms. The first kappa shape index (κ1) is 13.1. The average molecular weight is 342 g/mol. The molecule has 2 aromatic rings. The molecular formula is C14H14BrClN2O. The lowest BCUT2D eigenvalue weighted by Crippen LogP contribution is -2.02. The summed E-state index contributed by atoms with van der Waals surface area (Å²) in [5.41, 5.74) is 1.95. The highest BCUT2D eigenvalue weighted by atomic mass is 79.9. The fourth-order valence-electron chi connectivity index (χ4n) is 2.64. The molecule has 100 valence electrons. The van der Waals surface area contributed by atoms with Crippen molar-refractivity contribution in [2.75, 3.05) is 0 Å². The van der Waals surface area contributed by atoms with E-state index in [1.807, 2.05) is 13.0 Å². The van der Waals surface area contributed by atoms with Crippen LogP contribution in [0.2, 0.25) is 5.15 Å². The molecule has 0 spiro atoms. The van der Waals surface area contributed by atoms with Crippen LogP contribution in [-0.4, -0.2) is 9.97 Å². The summed E-state index contributed by atoms with van der Waals surface area (Å²) in [5, 5.41) is 0.479. The van der Waals surface area contributed by atoms with E-state index in [0.29, 0.717) is 16.9 Å². The number of nitrogens with zero attached hydrogens (tertiary/aromatic N) is 2. The Hall–Kier alpha value is -0.870. The maximum Gasteiger partial charge on any atom is 0.164 e. The highest BCUT2D eigenvalue weighted by Gasteiger charge is 2.24. The number of hydrogen-bond donors (Lipinski definition) is 0. The molecule has 1 saturated carbocycles. The molecule has 0 bridgehead atoms. The van der Waals surface area contributed by atoms with Crippen LogP contribution in [0.1, 0.15) is 43.1 Å². The van der Waals surface area contributed by atoms with Crippen LogP contribution >= 0.6 is 27.5 Å². The number of aryl methyl sites for hydroxylation is 1. The summed E-state index contributed by atoms with van der Waals surface area (Å²) in [7, 11) is 0. The van der Waals surface area contributed by atoms with Gasteiger partial charge in [0.1, 0.15) is 10.9 Å². The fraction of sp³-hybridized carbons (Fsp3) is 0.429. The summed E-state index contributed by atoms with van der Waals surface area (Å²) in [6.45, 7) is 1.91. The predicted octanol–water partition coefficient (Wildman–Crippen LogP) is 5.12. The van der Waals surface area contributed by atoms with E-state index in [-0.39, 0.29) is 0 Å². The molecule has 2 heterocycles. The Morgan fingerprint density at radius 1 is 1.32 bits per heavy atom. The molecule has 0 aromatic carbocycles. The summed E-state index contributed by atoms with van der Waals surface area (Å²) in [6, 6.07) is 1.88. The molecule has 3 rings (SSSR count). The van der Waals surface area contributed by atoms with Crippen LogP contribution in [0.15, 0.2) is 21.2 Å². The van der Waals surface area contributed by atoms with Crippen molar-refractivity contribution in [3.05, 3.63) is 33.4 Å². The molecule has 0 saturated heterocycles. The van der Waals surface area contributed by atoms with Crippen LogP contribution in [0.5, 0.6) is 0 Å². The first-order chi connectivity index (χ1) is 9.16. The molecule has 0 unspecified atom stereocenters. The van der Waals surface area contributed by atoms with Crippen molar-refractivity contribution in [3.8, 4) is 11.4 Å². The van der Waals surface area contributed by atoms with Crippen LogP contribution in [0.3, 0.4) is 0 Å². The van der Waals surface area contributed by atoms with Gasteiger partial charge in [-0.05, 0) is 41.8 Å². The molecule has 0 N–H and O–H groups in total. The molecule has 2 aromatic heterocycles. The van der Waals surface area contributed by atoms with Gasteiger partial charge in [0.25, 0.3) is 0 Å².